The SMILES string of the molecule is COC(=O)C1=C(N)Oc2cc(C)n(CCN3CCOCC3)c(=O)c2[C@]12C(=O)Nc1ccccc12. The smallest absolute Gasteiger partial charge is 0.340 e. The van der Waals surface area contributed by atoms with Crippen LogP contribution in [0.2, 0.25) is 0 Å². The van der Waals surface area contributed by atoms with Crippen LogP contribution in [0.4, 0.5) is 5.69 Å². The molecule has 2 aromatic rings. The molecule has 1 aromatic carbocycles. The Hall–Kier alpha value is -3.63. The molecule has 1 amide bonds. The third kappa shape index (κ3) is 3.13. The molecular weight excluding hydrogens is 440 g/mol. The van der Waals surface area contributed by atoms with Crippen LogP contribution in [0, 0.1) is 6.92 Å². The van der Waals surface area contributed by atoms with E-state index in [0.29, 0.717) is 43.2 Å². The maximum atomic E-state index is 14.0. The molecule has 4 heterocycles. The quantitative estimate of drug-likeness (QED) is 0.623. The molecular formula is C24H26N4O6. The van der Waals surface area contributed by atoms with Crippen molar-refractivity contribution >= 4 is 17.6 Å². The fourth-order valence-corrected chi connectivity index (χ4v) is 5.10. The summed E-state index contributed by atoms with van der Waals surface area (Å²) in [5.74, 6) is -1.50. The number of nitrogens with zero attached hydrogens (tertiary/aromatic N) is 2. The first-order valence-corrected chi connectivity index (χ1v) is 11.1. The molecule has 3 aliphatic rings. The Morgan fingerprint density at radius 1 is 1.21 bits per heavy atom. The largest absolute Gasteiger partial charge is 0.465 e. The minimum Gasteiger partial charge on any atom is -0.465 e. The van der Waals surface area contributed by atoms with Gasteiger partial charge in [-0.25, -0.2) is 4.79 Å². The van der Waals surface area contributed by atoms with Gasteiger partial charge in [0.2, 0.25) is 11.8 Å². The van der Waals surface area contributed by atoms with Gasteiger partial charge in [-0.05, 0) is 13.0 Å². The number of benzene rings is 1. The first-order chi connectivity index (χ1) is 16.4. The van der Waals surface area contributed by atoms with Crippen LogP contribution in [-0.4, -0.2) is 61.3 Å². The maximum Gasteiger partial charge on any atom is 0.340 e. The number of aromatic nitrogens is 1. The van der Waals surface area contributed by atoms with Crippen LogP contribution in [0.5, 0.6) is 5.75 Å². The number of para-hydroxylation sites is 1. The first kappa shape index (κ1) is 22.2. The fourth-order valence-electron chi connectivity index (χ4n) is 5.10. The van der Waals surface area contributed by atoms with Crippen molar-refractivity contribution in [2.75, 3.05) is 45.3 Å². The van der Waals surface area contributed by atoms with Gasteiger partial charge in [0.1, 0.15) is 16.7 Å². The summed E-state index contributed by atoms with van der Waals surface area (Å²) >= 11 is 0. The van der Waals surface area contributed by atoms with Crippen molar-refractivity contribution < 1.29 is 23.8 Å². The molecule has 0 radical (unpaired) electrons. The average Bonchev–Trinajstić information content (AvgIpc) is 3.11. The van der Waals surface area contributed by atoms with E-state index in [2.05, 4.69) is 10.2 Å². The molecule has 1 saturated heterocycles. The second-order valence-corrected chi connectivity index (χ2v) is 8.52. The Balaban J connectivity index is 1.72. The number of hydrogen-bond acceptors (Lipinski definition) is 8. The highest BCUT2D eigenvalue weighted by atomic mass is 16.5. The van der Waals surface area contributed by atoms with Gasteiger partial charge in [-0.3, -0.25) is 14.5 Å². The van der Waals surface area contributed by atoms with E-state index < -0.39 is 22.9 Å². The van der Waals surface area contributed by atoms with E-state index in [9.17, 15) is 14.4 Å². The van der Waals surface area contributed by atoms with Crippen LogP contribution in [-0.2, 0) is 31.0 Å². The lowest BCUT2D eigenvalue weighted by atomic mass is 9.68. The standard InChI is InChI=1S/C24H26N4O6/c1-14-13-17-18(21(29)28(14)8-7-27-9-11-33-12-10-27)24(19(20(25)34-17)22(30)32-2)15-5-3-4-6-16(15)26-23(24)31/h3-6,13H,7-12,25H2,1-2H3,(H,26,31)/t24-/m0/s1. The minimum atomic E-state index is -1.78. The average molecular weight is 466 g/mol. The number of carbonyl (C=O) groups is 2. The van der Waals surface area contributed by atoms with Gasteiger partial charge >= 0.3 is 5.97 Å². The predicted molar refractivity (Wildman–Crippen MR) is 122 cm³/mol. The molecule has 178 valence electrons. The second kappa shape index (κ2) is 8.30. The molecule has 0 aliphatic carbocycles. The zero-order chi connectivity index (χ0) is 24.0. The van der Waals surface area contributed by atoms with E-state index in [1.807, 2.05) is 0 Å². The van der Waals surface area contributed by atoms with Gasteiger partial charge in [0.25, 0.3) is 5.56 Å². The van der Waals surface area contributed by atoms with E-state index >= 15 is 0 Å². The number of methoxy groups -OCH3 is 1. The molecule has 1 spiro atoms. The van der Waals surface area contributed by atoms with Gasteiger partial charge in [-0.2, -0.15) is 0 Å². The van der Waals surface area contributed by atoms with E-state index in [1.54, 1.807) is 41.8 Å². The summed E-state index contributed by atoms with van der Waals surface area (Å²) in [7, 11) is 1.19. The summed E-state index contributed by atoms with van der Waals surface area (Å²) in [6.45, 7) is 5.72. The Kier molecular flexibility index (Phi) is 5.41. The van der Waals surface area contributed by atoms with Crippen molar-refractivity contribution in [1.82, 2.24) is 9.47 Å². The fraction of sp³-hybridized carbons (Fsp3) is 0.375. The van der Waals surface area contributed by atoms with Crippen LogP contribution in [0.15, 0.2) is 46.6 Å². The Morgan fingerprint density at radius 3 is 2.68 bits per heavy atom. The summed E-state index contributed by atoms with van der Waals surface area (Å²) in [5, 5.41) is 2.81. The van der Waals surface area contributed by atoms with Crippen LogP contribution >= 0.6 is 0 Å². The van der Waals surface area contributed by atoms with E-state index in [1.165, 1.54) is 7.11 Å². The number of ether oxygens (including phenoxy) is 3. The van der Waals surface area contributed by atoms with Crippen molar-refractivity contribution in [2.45, 2.75) is 18.9 Å². The number of amides is 1. The molecule has 10 heteroatoms. The molecule has 3 N–H and O–H groups in total. The summed E-state index contributed by atoms with van der Waals surface area (Å²) in [6, 6.07) is 8.61. The number of esters is 1. The molecule has 3 aliphatic heterocycles. The molecule has 5 rings (SSSR count). The predicted octanol–water partition coefficient (Wildman–Crippen LogP) is 0.463. The van der Waals surface area contributed by atoms with Gasteiger partial charge in [-0.15, -0.1) is 0 Å². The number of rotatable bonds is 4. The summed E-state index contributed by atoms with van der Waals surface area (Å²) in [6.07, 6.45) is 0. The van der Waals surface area contributed by atoms with Crippen LogP contribution < -0.4 is 21.3 Å². The molecule has 34 heavy (non-hydrogen) atoms. The molecule has 10 nitrogen and oxygen atoms in total. The summed E-state index contributed by atoms with van der Waals surface area (Å²) in [4.78, 5) is 42.9. The van der Waals surface area contributed by atoms with Crippen molar-refractivity contribution in [3.05, 3.63) is 69.0 Å². The highest BCUT2D eigenvalue weighted by Gasteiger charge is 2.60. The number of nitrogens with one attached hydrogen (secondary N) is 1. The zero-order valence-corrected chi connectivity index (χ0v) is 19.1. The van der Waals surface area contributed by atoms with Crippen molar-refractivity contribution in [3.63, 3.8) is 0 Å². The lowest BCUT2D eigenvalue weighted by Gasteiger charge is -2.35. The summed E-state index contributed by atoms with van der Waals surface area (Å²) in [5.41, 5.74) is 5.45. The van der Waals surface area contributed by atoms with E-state index in [4.69, 9.17) is 19.9 Å². The number of pyridine rings is 1. The topological polar surface area (TPSA) is 125 Å². The minimum absolute atomic E-state index is 0.0529. The van der Waals surface area contributed by atoms with Crippen molar-refractivity contribution in [3.8, 4) is 5.75 Å². The molecule has 1 atom stereocenters. The van der Waals surface area contributed by atoms with Gasteiger partial charge in [0, 0.05) is 49.2 Å². The number of aryl methyl sites for hydroxylation is 1. The lowest BCUT2D eigenvalue weighted by molar-refractivity contribution is -0.138. The number of carbonyl (C=O) groups excluding carboxylic acids is 2. The Morgan fingerprint density at radius 2 is 1.94 bits per heavy atom. The second-order valence-electron chi connectivity index (χ2n) is 8.52. The van der Waals surface area contributed by atoms with Gasteiger partial charge in [-0.1, -0.05) is 18.2 Å². The molecule has 1 aromatic heterocycles. The normalized spacial score (nSPS) is 21.6. The Labute approximate surface area is 195 Å². The molecule has 0 unspecified atom stereocenters. The van der Waals surface area contributed by atoms with Gasteiger partial charge in [0.15, 0.2) is 0 Å². The highest BCUT2D eigenvalue weighted by molar-refractivity contribution is 6.17. The Bertz CT molecular complexity index is 1280. The number of nitrogens with two attached hydrogens (primary N) is 1. The van der Waals surface area contributed by atoms with E-state index in [0.717, 1.165) is 13.1 Å². The van der Waals surface area contributed by atoms with Crippen LogP contribution in [0.3, 0.4) is 0 Å². The highest BCUT2D eigenvalue weighted by Crippen LogP contribution is 2.52. The number of hydrogen-bond donors (Lipinski definition) is 2. The molecule has 1 fully saturated rings. The molecule has 0 saturated carbocycles. The summed E-state index contributed by atoms with van der Waals surface area (Å²) < 4.78 is 17.8. The third-order valence-corrected chi connectivity index (χ3v) is 6.74. The zero-order valence-electron chi connectivity index (χ0n) is 19.1. The van der Waals surface area contributed by atoms with Crippen LogP contribution in [0.1, 0.15) is 16.8 Å². The first-order valence-electron chi connectivity index (χ1n) is 11.1. The van der Waals surface area contributed by atoms with E-state index in [-0.39, 0.29) is 22.8 Å². The van der Waals surface area contributed by atoms with Crippen molar-refractivity contribution in [2.24, 2.45) is 5.73 Å². The van der Waals surface area contributed by atoms with Gasteiger partial charge in [0.05, 0.1) is 25.9 Å². The van der Waals surface area contributed by atoms with Crippen molar-refractivity contribution in [1.29, 1.82) is 0 Å². The monoisotopic (exact) mass is 466 g/mol. The third-order valence-electron chi connectivity index (χ3n) is 6.74. The maximum absolute atomic E-state index is 14.0. The molecule has 0 bridgehead atoms. The number of morpholine rings is 1. The van der Waals surface area contributed by atoms with Gasteiger partial charge < -0.3 is 29.8 Å². The van der Waals surface area contributed by atoms with Crippen LogP contribution in [0.25, 0.3) is 0 Å². The number of anilines is 1. The lowest BCUT2D eigenvalue weighted by Crippen LogP contribution is -2.50. The number of fused-ring (bicyclic) bond motifs is 4.